The van der Waals surface area contributed by atoms with Crippen LogP contribution in [0.15, 0.2) is 16.6 Å². The number of rotatable bonds is 2. The minimum absolute atomic E-state index is 0.0285. The highest BCUT2D eigenvalue weighted by Crippen LogP contribution is 2.33. The lowest BCUT2D eigenvalue weighted by Crippen LogP contribution is -1.97. The Morgan fingerprint density at radius 1 is 1.14 bits per heavy atom. The van der Waals surface area contributed by atoms with Crippen LogP contribution in [0.2, 0.25) is 0 Å². The van der Waals surface area contributed by atoms with E-state index in [9.17, 15) is 20.2 Å². The highest BCUT2D eigenvalue weighted by molar-refractivity contribution is 14.1. The van der Waals surface area contributed by atoms with Gasteiger partial charge >= 0.3 is 0 Å². The van der Waals surface area contributed by atoms with Crippen molar-refractivity contribution in [2.75, 3.05) is 0 Å². The summed E-state index contributed by atoms with van der Waals surface area (Å²) < 4.78 is 0.345. The SMILES string of the molecule is O=[N+]([O-])c1cc(Br)cc([N+](=O)[O-])c1I. The zero-order valence-electron chi connectivity index (χ0n) is 6.44. The number of nitro groups is 2. The summed E-state index contributed by atoms with van der Waals surface area (Å²) in [5, 5.41) is 21.0. The van der Waals surface area contributed by atoms with E-state index >= 15 is 0 Å². The molecule has 6 nitrogen and oxygen atoms in total. The fourth-order valence-electron chi connectivity index (χ4n) is 0.827. The Balaban J connectivity index is 3.47. The summed E-state index contributed by atoms with van der Waals surface area (Å²) in [6.07, 6.45) is 0. The molecule has 0 aromatic heterocycles. The predicted molar refractivity (Wildman–Crippen MR) is 60.2 cm³/mol. The molecule has 0 saturated carbocycles. The highest BCUT2D eigenvalue weighted by atomic mass is 127. The molecule has 1 aromatic carbocycles. The zero-order chi connectivity index (χ0) is 10.9. The molecular formula is C6H2BrIN2O4. The fourth-order valence-corrected chi connectivity index (χ4v) is 1.97. The molecule has 1 aromatic rings. The van der Waals surface area contributed by atoms with Gasteiger partial charge in [0.25, 0.3) is 11.4 Å². The van der Waals surface area contributed by atoms with Crippen molar-refractivity contribution in [3.63, 3.8) is 0 Å². The van der Waals surface area contributed by atoms with Crippen LogP contribution in [0.4, 0.5) is 11.4 Å². The van der Waals surface area contributed by atoms with E-state index in [4.69, 9.17) is 0 Å². The molecule has 0 atom stereocenters. The van der Waals surface area contributed by atoms with Crippen LogP contribution in [0.25, 0.3) is 0 Å². The monoisotopic (exact) mass is 372 g/mol. The molecule has 0 radical (unpaired) electrons. The molecule has 0 aliphatic carbocycles. The van der Waals surface area contributed by atoms with E-state index in [1.165, 1.54) is 12.1 Å². The topological polar surface area (TPSA) is 86.3 Å². The van der Waals surface area contributed by atoms with E-state index in [2.05, 4.69) is 15.9 Å². The van der Waals surface area contributed by atoms with E-state index in [0.29, 0.717) is 4.47 Å². The minimum atomic E-state index is -0.653. The maximum atomic E-state index is 10.5. The summed E-state index contributed by atoms with van der Waals surface area (Å²) in [5.41, 5.74) is -0.543. The van der Waals surface area contributed by atoms with Crippen LogP contribution >= 0.6 is 38.5 Å². The van der Waals surface area contributed by atoms with Gasteiger partial charge in [0.15, 0.2) is 3.57 Å². The lowest BCUT2D eigenvalue weighted by molar-refractivity contribution is -0.396. The first-order valence-corrected chi connectivity index (χ1v) is 5.08. The molecule has 14 heavy (non-hydrogen) atoms. The van der Waals surface area contributed by atoms with Crippen molar-refractivity contribution in [1.82, 2.24) is 0 Å². The Morgan fingerprint density at radius 2 is 1.50 bits per heavy atom. The summed E-state index contributed by atoms with van der Waals surface area (Å²) >= 11 is 4.56. The second kappa shape index (κ2) is 4.17. The average molecular weight is 373 g/mol. The highest BCUT2D eigenvalue weighted by Gasteiger charge is 2.23. The normalized spacial score (nSPS) is 9.86. The molecular weight excluding hydrogens is 371 g/mol. The van der Waals surface area contributed by atoms with Crippen molar-refractivity contribution in [2.45, 2.75) is 0 Å². The van der Waals surface area contributed by atoms with Gasteiger partial charge in [0.2, 0.25) is 0 Å². The largest absolute Gasteiger partial charge is 0.290 e. The van der Waals surface area contributed by atoms with Crippen molar-refractivity contribution in [3.8, 4) is 0 Å². The molecule has 8 heteroatoms. The van der Waals surface area contributed by atoms with Gasteiger partial charge in [-0.3, -0.25) is 20.2 Å². The van der Waals surface area contributed by atoms with Crippen molar-refractivity contribution in [1.29, 1.82) is 0 Å². The average Bonchev–Trinajstić information content (AvgIpc) is 2.07. The van der Waals surface area contributed by atoms with E-state index < -0.39 is 9.85 Å². The molecule has 0 aliphatic rings. The van der Waals surface area contributed by atoms with Crippen LogP contribution in [0, 0.1) is 23.8 Å². The Labute approximate surface area is 99.9 Å². The standard InChI is InChI=1S/C6H2BrIN2O4/c7-3-1-4(9(11)12)6(8)5(2-3)10(13)14/h1-2H. The van der Waals surface area contributed by atoms with Crippen molar-refractivity contribution < 1.29 is 9.85 Å². The predicted octanol–water partition coefficient (Wildman–Crippen LogP) is 2.87. The zero-order valence-corrected chi connectivity index (χ0v) is 10.2. The second-order valence-corrected chi connectivity index (χ2v) is 4.27. The van der Waals surface area contributed by atoms with Gasteiger partial charge in [-0.1, -0.05) is 15.9 Å². The second-order valence-electron chi connectivity index (χ2n) is 2.27. The molecule has 0 unspecified atom stereocenters. The smallest absolute Gasteiger partial charge is 0.258 e. The number of hydrogen-bond acceptors (Lipinski definition) is 4. The number of halogens is 2. The summed E-state index contributed by atoms with van der Waals surface area (Å²) in [7, 11) is 0. The van der Waals surface area contributed by atoms with Gasteiger partial charge in [0.05, 0.1) is 9.85 Å². The molecule has 1 rings (SSSR count). The summed E-state index contributed by atoms with van der Waals surface area (Å²) in [6.45, 7) is 0. The molecule has 0 bridgehead atoms. The maximum Gasteiger partial charge on any atom is 0.290 e. The Morgan fingerprint density at radius 3 is 1.79 bits per heavy atom. The fraction of sp³-hybridized carbons (Fsp3) is 0. The van der Waals surface area contributed by atoms with Crippen molar-refractivity contribution in [2.24, 2.45) is 0 Å². The van der Waals surface area contributed by atoms with E-state index in [-0.39, 0.29) is 14.9 Å². The van der Waals surface area contributed by atoms with E-state index in [1.54, 1.807) is 22.6 Å². The van der Waals surface area contributed by atoms with Gasteiger partial charge in [0, 0.05) is 16.6 Å². The van der Waals surface area contributed by atoms with Crippen molar-refractivity contribution in [3.05, 3.63) is 40.4 Å². The molecule has 0 fully saturated rings. The summed E-state index contributed by atoms with van der Waals surface area (Å²) in [4.78, 5) is 19.7. The molecule has 0 heterocycles. The molecule has 0 spiro atoms. The number of nitro benzene ring substituents is 2. The third kappa shape index (κ3) is 2.18. The van der Waals surface area contributed by atoms with Gasteiger partial charge in [-0.25, -0.2) is 0 Å². The van der Waals surface area contributed by atoms with Gasteiger partial charge in [0.1, 0.15) is 0 Å². The Hall–Kier alpha value is -0.770. The van der Waals surface area contributed by atoms with Crippen LogP contribution in [0.3, 0.4) is 0 Å². The van der Waals surface area contributed by atoms with Crippen LogP contribution < -0.4 is 0 Å². The molecule has 0 saturated heterocycles. The number of hydrogen-bond donors (Lipinski definition) is 0. The third-order valence-corrected chi connectivity index (χ3v) is 2.96. The van der Waals surface area contributed by atoms with Crippen LogP contribution in [0.5, 0.6) is 0 Å². The van der Waals surface area contributed by atoms with E-state index in [0.717, 1.165) is 0 Å². The van der Waals surface area contributed by atoms with Crippen LogP contribution in [-0.2, 0) is 0 Å². The molecule has 0 aliphatic heterocycles. The lowest BCUT2D eigenvalue weighted by atomic mass is 10.3. The Bertz CT molecular complexity index is 387. The van der Waals surface area contributed by atoms with Gasteiger partial charge in [-0.05, 0) is 22.6 Å². The van der Waals surface area contributed by atoms with E-state index in [1.807, 2.05) is 0 Å². The molecule has 74 valence electrons. The first-order chi connectivity index (χ1) is 6.43. The molecule has 0 amide bonds. The molecule has 0 N–H and O–H groups in total. The van der Waals surface area contributed by atoms with Gasteiger partial charge < -0.3 is 0 Å². The Kier molecular flexibility index (Phi) is 3.37. The quantitative estimate of drug-likeness (QED) is 0.453. The summed E-state index contributed by atoms with van der Waals surface area (Å²) in [5.74, 6) is 0. The van der Waals surface area contributed by atoms with Crippen LogP contribution in [0.1, 0.15) is 0 Å². The minimum Gasteiger partial charge on any atom is -0.258 e. The first-order valence-electron chi connectivity index (χ1n) is 3.21. The maximum absolute atomic E-state index is 10.5. The van der Waals surface area contributed by atoms with Gasteiger partial charge in [-0.2, -0.15) is 0 Å². The van der Waals surface area contributed by atoms with Crippen molar-refractivity contribution >= 4 is 49.9 Å². The third-order valence-electron chi connectivity index (χ3n) is 1.39. The summed E-state index contributed by atoms with van der Waals surface area (Å²) in [6, 6.07) is 2.46. The lowest BCUT2D eigenvalue weighted by Gasteiger charge is -1.98. The van der Waals surface area contributed by atoms with Crippen LogP contribution in [-0.4, -0.2) is 9.85 Å². The first kappa shape index (κ1) is 11.3. The van der Waals surface area contributed by atoms with Gasteiger partial charge in [-0.15, -0.1) is 0 Å². The number of benzene rings is 1. The number of nitrogens with zero attached hydrogens (tertiary/aromatic N) is 2.